The molecule has 1 aliphatic carbocycles. The van der Waals surface area contributed by atoms with Crippen molar-refractivity contribution in [2.24, 2.45) is 16.9 Å². The molecular weight excluding hydrogens is 336 g/mol. The highest BCUT2D eigenvalue weighted by Gasteiger charge is 2.39. The summed E-state index contributed by atoms with van der Waals surface area (Å²) in [7, 11) is 0. The molecule has 0 aromatic heterocycles. The van der Waals surface area contributed by atoms with Gasteiger partial charge in [0.25, 0.3) is 5.91 Å². The summed E-state index contributed by atoms with van der Waals surface area (Å²) in [4.78, 5) is 13.0. The van der Waals surface area contributed by atoms with Gasteiger partial charge in [-0.2, -0.15) is 5.10 Å². The maximum absolute atomic E-state index is 13.0. The first-order valence-electron chi connectivity index (χ1n) is 9.34. The Balaban J connectivity index is 1.81. The number of amides is 1. The van der Waals surface area contributed by atoms with Gasteiger partial charge >= 0.3 is 0 Å². The summed E-state index contributed by atoms with van der Waals surface area (Å²) < 4.78 is 0. The molecule has 2 atom stereocenters. The van der Waals surface area contributed by atoms with Gasteiger partial charge in [-0.15, -0.1) is 0 Å². The fraction of sp³-hybridized carbons (Fsp3) is 0.304. The minimum Gasteiger partial charge on any atom is -0.372 e. The lowest BCUT2D eigenvalue weighted by Gasteiger charge is -2.27. The normalized spacial score (nSPS) is 20.3. The molecule has 0 saturated carbocycles. The Morgan fingerprint density at radius 3 is 2.19 bits per heavy atom. The fourth-order valence-electron chi connectivity index (χ4n) is 3.58. The Bertz CT molecular complexity index is 788. The number of carbonyl (C=O) groups excluding carboxylic acids is 1. The number of benzene rings is 2. The van der Waals surface area contributed by atoms with Gasteiger partial charge in [0.1, 0.15) is 0 Å². The monoisotopic (exact) mass is 362 g/mol. The molecule has 1 amide bonds. The predicted octanol–water partition coefficient (Wildman–Crippen LogP) is 4.02. The maximum Gasteiger partial charge on any atom is 0.281 e. The van der Waals surface area contributed by atoms with Crippen molar-refractivity contribution < 1.29 is 9.90 Å². The van der Waals surface area contributed by atoms with Crippen LogP contribution in [0.15, 0.2) is 77.4 Å². The molecule has 0 bridgehead atoms. The van der Waals surface area contributed by atoms with Crippen molar-refractivity contribution in [3.8, 4) is 0 Å². The van der Waals surface area contributed by atoms with Crippen LogP contribution < -0.4 is 5.43 Å². The van der Waals surface area contributed by atoms with E-state index in [1.54, 1.807) is 54.7 Å². The second kappa shape index (κ2) is 8.31. The Morgan fingerprint density at radius 1 is 1.11 bits per heavy atom. The number of nitrogens with one attached hydrogen (secondary N) is 1. The van der Waals surface area contributed by atoms with Gasteiger partial charge in [0, 0.05) is 12.1 Å². The van der Waals surface area contributed by atoms with E-state index in [9.17, 15) is 9.90 Å². The predicted molar refractivity (Wildman–Crippen MR) is 108 cm³/mol. The van der Waals surface area contributed by atoms with E-state index in [2.05, 4.69) is 30.5 Å². The van der Waals surface area contributed by atoms with E-state index in [0.29, 0.717) is 17.0 Å². The van der Waals surface area contributed by atoms with Crippen LogP contribution in [-0.2, 0) is 10.4 Å². The number of rotatable bonds is 5. The van der Waals surface area contributed by atoms with Crippen LogP contribution in [0.25, 0.3) is 0 Å². The number of hydrogen-bond acceptors (Lipinski definition) is 3. The van der Waals surface area contributed by atoms with Crippen molar-refractivity contribution in [1.82, 2.24) is 5.43 Å². The van der Waals surface area contributed by atoms with Crippen molar-refractivity contribution in [2.45, 2.75) is 32.3 Å². The molecule has 0 fully saturated rings. The minimum atomic E-state index is -1.80. The summed E-state index contributed by atoms with van der Waals surface area (Å²) in [6, 6.07) is 17.9. The molecular formula is C23H26N2O2. The van der Waals surface area contributed by atoms with Crippen LogP contribution in [0, 0.1) is 11.8 Å². The average Bonchev–Trinajstić information content (AvgIpc) is 2.70. The molecule has 140 valence electrons. The standard InChI is InChI=1S/C23H26N2O2/c1-17-13-14-19(18(2)15-17)16-24-25-22(26)23(27,20-9-5-3-6-10-20)21-11-7-4-8-12-21/h3-13,16,18-19,27H,14-15H2,1-2H3,(H,25,26)/b24-16+. The number of hydrogen-bond donors (Lipinski definition) is 2. The summed E-state index contributed by atoms with van der Waals surface area (Å²) >= 11 is 0. The largest absolute Gasteiger partial charge is 0.372 e. The van der Waals surface area contributed by atoms with Crippen LogP contribution >= 0.6 is 0 Å². The summed E-state index contributed by atoms with van der Waals surface area (Å²) in [5.41, 5.74) is 3.18. The Kier molecular flexibility index (Phi) is 5.87. The third-order valence-corrected chi connectivity index (χ3v) is 5.26. The molecule has 0 heterocycles. The Morgan fingerprint density at radius 2 is 1.67 bits per heavy atom. The highest BCUT2D eigenvalue weighted by atomic mass is 16.3. The molecule has 1 aliphatic rings. The van der Waals surface area contributed by atoms with Gasteiger partial charge in [-0.25, -0.2) is 5.43 Å². The molecule has 2 aromatic rings. The van der Waals surface area contributed by atoms with Crippen molar-refractivity contribution in [2.75, 3.05) is 0 Å². The number of hydrazone groups is 1. The molecule has 0 aliphatic heterocycles. The molecule has 0 spiro atoms. The zero-order valence-corrected chi connectivity index (χ0v) is 15.8. The second-order valence-electron chi connectivity index (χ2n) is 7.29. The average molecular weight is 362 g/mol. The first kappa shape index (κ1) is 19.1. The highest BCUT2D eigenvalue weighted by molar-refractivity contribution is 5.90. The van der Waals surface area contributed by atoms with E-state index in [0.717, 1.165) is 12.8 Å². The van der Waals surface area contributed by atoms with Gasteiger partial charge in [0.05, 0.1) is 0 Å². The van der Waals surface area contributed by atoms with Crippen LogP contribution in [0.3, 0.4) is 0 Å². The highest BCUT2D eigenvalue weighted by Crippen LogP contribution is 2.30. The molecule has 2 aromatic carbocycles. The first-order valence-corrected chi connectivity index (χ1v) is 9.34. The number of nitrogens with zero attached hydrogens (tertiary/aromatic N) is 1. The summed E-state index contributed by atoms with van der Waals surface area (Å²) in [5.74, 6) is 0.208. The number of aliphatic hydroxyl groups is 1. The van der Waals surface area contributed by atoms with Gasteiger partial charge in [-0.05, 0) is 36.8 Å². The van der Waals surface area contributed by atoms with Crippen LogP contribution in [0.1, 0.15) is 37.8 Å². The van der Waals surface area contributed by atoms with Gasteiger partial charge < -0.3 is 5.11 Å². The van der Waals surface area contributed by atoms with Crippen LogP contribution in [0.2, 0.25) is 0 Å². The van der Waals surface area contributed by atoms with E-state index in [4.69, 9.17) is 0 Å². The van der Waals surface area contributed by atoms with Crippen molar-refractivity contribution in [3.05, 3.63) is 83.4 Å². The van der Waals surface area contributed by atoms with E-state index >= 15 is 0 Å². The lowest BCUT2D eigenvalue weighted by molar-refractivity contribution is -0.136. The Hall–Kier alpha value is -2.72. The molecule has 4 heteroatoms. The van der Waals surface area contributed by atoms with Crippen LogP contribution in [0.4, 0.5) is 0 Å². The third-order valence-electron chi connectivity index (χ3n) is 5.26. The molecule has 4 nitrogen and oxygen atoms in total. The molecule has 3 rings (SSSR count). The SMILES string of the molecule is CC1=CCC(/C=N/NC(=O)C(O)(c2ccccc2)c2ccccc2)C(C)C1. The number of allylic oxidation sites excluding steroid dienone is 2. The summed E-state index contributed by atoms with van der Waals surface area (Å²) in [6.07, 6.45) is 5.99. The van der Waals surface area contributed by atoms with E-state index in [1.165, 1.54) is 5.57 Å². The van der Waals surface area contributed by atoms with E-state index < -0.39 is 11.5 Å². The van der Waals surface area contributed by atoms with Crippen molar-refractivity contribution in [3.63, 3.8) is 0 Å². The topological polar surface area (TPSA) is 61.7 Å². The van der Waals surface area contributed by atoms with Crippen molar-refractivity contribution in [1.29, 1.82) is 0 Å². The Labute approximate surface area is 160 Å². The van der Waals surface area contributed by atoms with Gasteiger partial charge in [-0.1, -0.05) is 79.2 Å². The minimum absolute atomic E-state index is 0.288. The van der Waals surface area contributed by atoms with Crippen molar-refractivity contribution >= 4 is 12.1 Å². The first-order chi connectivity index (χ1) is 13.0. The lowest BCUT2D eigenvalue weighted by Crippen LogP contribution is -2.43. The fourth-order valence-corrected chi connectivity index (χ4v) is 3.58. The number of carbonyl (C=O) groups is 1. The van der Waals surface area contributed by atoms with Gasteiger partial charge in [-0.3, -0.25) is 4.79 Å². The summed E-state index contributed by atoms with van der Waals surface area (Å²) in [6.45, 7) is 4.34. The molecule has 2 N–H and O–H groups in total. The van der Waals surface area contributed by atoms with Crippen LogP contribution in [-0.4, -0.2) is 17.2 Å². The lowest BCUT2D eigenvalue weighted by atomic mass is 9.82. The second-order valence-corrected chi connectivity index (χ2v) is 7.29. The zero-order valence-electron chi connectivity index (χ0n) is 15.8. The van der Waals surface area contributed by atoms with Gasteiger partial charge in [0.15, 0.2) is 5.60 Å². The molecule has 27 heavy (non-hydrogen) atoms. The van der Waals surface area contributed by atoms with E-state index in [1.807, 2.05) is 12.1 Å². The zero-order chi connectivity index (χ0) is 19.3. The molecule has 0 saturated heterocycles. The molecule has 0 radical (unpaired) electrons. The third kappa shape index (κ3) is 4.17. The maximum atomic E-state index is 13.0. The smallest absolute Gasteiger partial charge is 0.281 e. The van der Waals surface area contributed by atoms with Crippen LogP contribution in [0.5, 0.6) is 0 Å². The summed E-state index contributed by atoms with van der Waals surface area (Å²) in [5, 5.41) is 15.5. The quantitative estimate of drug-likeness (QED) is 0.479. The molecule has 2 unspecified atom stereocenters. The van der Waals surface area contributed by atoms with E-state index in [-0.39, 0.29) is 5.92 Å². The van der Waals surface area contributed by atoms with Gasteiger partial charge in [0.2, 0.25) is 0 Å².